The fourth-order valence-corrected chi connectivity index (χ4v) is 2.46. The molecule has 0 bridgehead atoms. The summed E-state index contributed by atoms with van der Waals surface area (Å²) in [6.45, 7) is 1.96. The molecule has 0 fully saturated rings. The zero-order valence-electron chi connectivity index (χ0n) is 12.4. The number of esters is 1. The summed E-state index contributed by atoms with van der Waals surface area (Å²) in [6.07, 6.45) is 1.93. The summed E-state index contributed by atoms with van der Waals surface area (Å²) in [5, 5.41) is 14.9. The van der Waals surface area contributed by atoms with Crippen LogP contribution in [0, 0.1) is 0 Å². The van der Waals surface area contributed by atoms with Crippen molar-refractivity contribution in [3.8, 4) is 5.75 Å². The number of nitrogens with one attached hydrogen (secondary N) is 2. The Balaban J connectivity index is 2.30. The second-order valence-electron chi connectivity index (χ2n) is 4.79. The second-order valence-corrected chi connectivity index (χ2v) is 5.78. The molecular formula is C15H18N2O4S. The Labute approximate surface area is 132 Å². The molecule has 118 valence electrons. The number of rotatable bonds is 5. The third-order valence-corrected chi connectivity index (χ3v) is 3.79. The highest BCUT2D eigenvalue weighted by Crippen LogP contribution is 2.29. The number of allylic oxidation sites excluding steroid dienone is 1. The number of ether oxygens (including phenoxy) is 1. The van der Waals surface area contributed by atoms with Gasteiger partial charge in [-0.2, -0.15) is 11.8 Å². The van der Waals surface area contributed by atoms with Crippen molar-refractivity contribution in [1.29, 1.82) is 0 Å². The molecule has 0 saturated heterocycles. The minimum absolute atomic E-state index is 0.0676. The molecule has 0 aromatic heterocycles. The van der Waals surface area contributed by atoms with Crippen LogP contribution in [0.25, 0.3) is 0 Å². The Hall–Kier alpha value is -2.15. The lowest BCUT2D eigenvalue weighted by molar-refractivity contribution is -0.138. The van der Waals surface area contributed by atoms with Crippen molar-refractivity contribution in [1.82, 2.24) is 10.6 Å². The van der Waals surface area contributed by atoms with Crippen LogP contribution in [0.5, 0.6) is 5.75 Å². The molecular weight excluding hydrogens is 304 g/mol. The molecule has 0 unspecified atom stereocenters. The Kier molecular flexibility index (Phi) is 5.32. The lowest BCUT2D eigenvalue weighted by Gasteiger charge is -2.28. The maximum atomic E-state index is 12.3. The van der Waals surface area contributed by atoms with Crippen molar-refractivity contribution in [2.75, 3.05) is 18.6 Å². The molecule has 1 heterocycles. The lowest BCUT2D eigenvalue weighted by Crippen LogP contribution is -2.45. The number of phenols is 1. The SMILES string of the molecule is CSCCOC(=O)C1=C(C)NC(=O)N[C@@H]1c1cccc(O)c1. The van der Waals surface area contributed by atoms with E-state index in [9.17, 15) is 14.7 Å². The number of urea groups is 1. The average molecular weight is 322 g/mol. The van der Waals surface area contributed by atoms with Gasteiger partial charge in [0.25, 0.3) is 0 Å². The summed E-state index contributed by atoms with van der Waals surface area (Å²) in [5.41, 5.74) is 1.41. The first-order valence-corrected chi connectivity index (χ1v) is 8.15. The van der Waals surface area contributed by atoms with Crippen molar-refractivity contribution in [2.45, 2.75) is 13.0 Å². The number of benzene rings is 1. The van der Waals surface area contributed by atoms with Gasteiger partial charge < -0.3 is 20.5 Å². The fourth-order valence-electron chi connectivity index (χ4n) is 2.21. The van der Waals surface area contributed by atoms with E-state index in [0.29, 0.717) is 29.2 Å². The van der Waals surface area contributed by atoms with Gasteiger partial charge >= 0.3 is 12.0 Å². The molecule has 1 atom stereocenters. The first-order valence-electron chi connectivity index (χ1n) is 6.76. The molecule has 0 radical (unpaired) electrons. The number of carbonyl (C=O) groups is 2. The molecule has 2 amide bonds. The van der Waals surface area contributed by atoms with Gasteiger partial charge in [-0.05, 0) is 30.9 Å². The van der Waals surface area contributed by atoms with E-state index >= 15 is 0 Å². The smallest absolute Gasteiger partial charge is 0.338 e. The van der Waals surface area contributed by atoms with Crippen LogP contribution in [0.2, 0.25) is 0 Å². The molecule has 0 spiro atoms. The lowest BCUT2D eigenvalue weighted by atomic mass is 9.95. The summed E-state index contributed by atoms with van der Waals surface area (Å²) >= 11 is 1.58. The van der Waals surface area contributed by atoms with Gasteiger partial charge in [0.05, 0.1) is 11.6 Å². The second kappa shape index (κ2) is 7.22. The van der Waals surface area contributed by atoms with Gasteiger partial charge in [-0.25, -0.2) is 9.59 Å². The van der Waals surface area contributed by atoms with Gasteiger partial charge in [0.1, 0.15) is 12.4 Å². The average Bonchev–Trinajstić information content (AvgIpc) is 2.46. The Bertz CT molecular complexity index is 615. The number of amides is 2. The zero-order chi connectivity index (χ0) is 16.1. The van der Waals surface area contributed by atoms with Crippen molar-refractivity contribution in [3.05, 3.63) is 41.1 Å². The van der Waals surface area contributed by atoms with Crippen LogP contribution >= 0.6 is 11.8 Å². The predicted octanol–water partition coefficient (Wildman–Crippen LogP) is 1.93. The number of phenolic OH excluding ortho intramolecular Hbond substituents is 1. The van der Waals surface area contributed by atoms with Crippen LogP contribution in [-0.2, 0) is 9.53 Å². The fraction of sp³-hybridized carbons (Fsp3) is 0.333. The van der Waals surface area contributed by atoms with Crippen molar-refractivity contribution < 1.29 is 19.4 Å². The summed E-state index contributed by atoms with van der Waals surface area (Å²) in [7, 11) is 0. The van der Waals surface area contributed by atoms with Gasteiger partial charge in [-0.1, -0.05) is 12.1 Å². The molecule has 3 N–H and O–H groups in total. The van der Waals surface area contributed by atoms with E-state index in [1.165, 1.54) is 12.1 Å². The third-order valence-electron chi connectivity index (χ3n) is 3.21. The van der Waals surface area contributed by atoms with Gasteiger partial charge in [-0.3, -0.25) is 0 Å². The quantitative estimate of drug-likeness (QED) is 0.569. The molecule has 2 rings (SSSR count). The summed E-state index contributed by atoms with van der Waals surface area (Å²) < 4.78 is 5.24. The normalized spacial score (nSPS) is 17.7. The molecule has 0 aliphatic carbocycles. The highest BCUT2D eigenvalue weighted by Gasteiger charge is 2.32. The monoisotopic (exact) mass is 322 g/mol. The number of hydrogen-bond acceptors (Lipinski definition) is 5. The molecule has 0 saturated carbocycles. The van der Waals surface area contributed by atoms with E-state index in [-0.39, 0.29) is 5.75 Å². The first kappa shape index (κ1) is 16.2. The highest BCUT2D eigenvalue weighted by molar-refractivity contribution is 7.98. The molecule has 22 heavy (non-hydrogen) atoms. The van der Waals surface area contributed by atoms with E-state index in [0.717, 1.165) is 0 Å². The van der Waals surface area contributed by atoms with E-state index < -0.39 is 18.0 Å². The topological polar surface area (TPSA) is 87.7 Å². The van der Waals surface area contributed by atoms with E-state index in [4.69, 9.17) is 4.74 Å². The van der Waals surface area contributed by atoms with E-state index in [2.05, 4.69) is 10.6 Å². The van der Waals surface area contributed by atoms with Gasteiger partial charge in [0, 0.05) is 11.4 Å². The Morgan fingerprint density at radius 2 is 2.23 bits per heavy atom. The molecule has 1 aliphatic heterocycles. The Morgan fingerprint density at radius 3 is 2.91 bits per heavy atom. The molecule has 1 aromatic rings. The summed E-state index contributed by atoms with van der Waals surface area (Å²) in [5.74, 6) is 0.291. The maximum absolute atomic E-state index is 12.3. The van der Waals surface area contributed by atoms with E-state index in [1.54, 1.807) is 30.8 Å². The first-order chi connectivity index (χ1) is 10.5. The van der Waals surface area contributed by atoms with Crippen LogP contribution in [-0.4, -0.2) is 35.7 Å². The molecule has 1 aliphatic rings. The number of aromatic hydroxyl groups is 1. The van der Waals surface area contributed by atoms with Crippen molar-refractivity contribution >= 4 is 23.8 Å². The number of hydrogen-bond donors (Lipinski definition) is 3. The van der Waals surface area contributed by atoms with Gasteiger partial charge in [0.2, 0.25) is 0 Å². The molecule has 6 nitrogen and oxygen atoms in total. The summed E-state index contributed by atoms with van der Waals surface area (Å²) in [4.78, 5) is 24.0. The number of thioether (sulfide) groups is 1. The summed E-state index contributed by atoms with van der Waals surface area (Å²) in [6, 6.07) is 5.38. The molecule has 1 aromatic carbocycles. The minimum atomic E-state index is -0.650. The van der Waals surface area contributed by atoms with Crippen LogP contribution < -0.4 is 10.6 Å². The minimum Gasteiger partial charge on any atom is -0.508 e. The standard InChI is InChI=1S/C15H18N2O4S/c1-9-12(14(19)21-6-7-22-2)13(17-15(20)16-9)10-4-3-5-11(18)8-10/h3-5,8,13,18H,6-7H2,1-2H3,(H2,16,17,20)/t13-/m1/s1. The largest absolute Gasteiger partial charge is 0.508 e. The number of carbonyl (C=O) groups excluding carboxylic acids is 2. The Morgan fingerprint density at radius 1 is 1.45 bits per heavy atom. The van der Waals surface area contributed by atoms with Crippen LogP contribution in [0.1, 0.15) is 18.5 Å². The van der Waals surface area contributed by atoms with Crippen LogP contribution in [0.4, 0.5) is 4.79 Å². The van der Waals surface area contributed by atoms with Crippen molar-refractivity contribution in [3.63, 3.8) is 0 Å². The van der Waals surface area contributed by atoms with Crippen LogP contribution in [0.15, 0.2) is 35.5 Å². The third kappa shape index (κ3) is 3.73. The highest BCUT2D eigenvalue weighted by atomic mass is 32.2. The van der Waals surface area contributed by atoms with E-state index in [1.807, 2.05) is 6.26 Å². The zero-order valence-corrected chi connectivity index (χ0v) is 13.2. The van der Waals surface area contributed by atoms with Gasteiger partial charge in [0.15, 0.2) is 0 Å². The maximum Gasteiger partial charge on any atom is 0.338 e. The van der Waals surface area contributed by atoms with Gasteiger partial charge in [-0.15, -0.1) is 0 Å². The molecule has 7 heteroatoms. The van der Waals surface area contributed by atoms with Crippen LogP contribution in [0.3, 0.4) is 0 Å². The van der Waals surface area contributed by atoms with Crippen molar-refractivity contribution in [2.24, 2.45) is 0 Å². The predicted molar refractivity (Wildman–Crippen MR) is 84.6 cm³/mol.